The molecule has 6 rings (SSSR count). The number of esters is 1. The Bertz CT molecular complexity index is 1300. The number of allylic oxidation sites excluding steroid dienone is 3. The van der Waals surface area contributed by atoms with Crippen molar-refractivity contribution < 1.29 is 13.9 Å². The molecule has 1 aromatic rings. The maximum Gasteiger partial charge on any atom is 0.340 e. The van der Waals surface area contributed by atoms with Crippen molar-refractivity contribution in [3.8, 4) is 0 Å². The summed E-state index contributed by atoms with van der Waals surface area (Å²) in [7, 11) is 1.29. The van der Waals surface area contributed by atoms with Crippen molar-refractivity contribution >= 4 is 11.5 Å². The van der Waals surface area contributed by atoms with E-state index in [-0.39, 0.29) is 16.4 Å². The molecule has 2 N–H and O–H groups in total. The quantitative estimate of drug-likeness (QED) is 0.296. The number of hydrogen-bond donors (Lipinski definition) is 1. The summed E-state index contributed by atoms with van der Waals surface area (Å²) in [5.74, 6) is 2.73. The SMILES string of the molecule is C=C(C)[C@@H]1C[C@H](N)[C@H]2CC[C@]3(C)[C@H](CC[C@@H]4[C@@]5(C)CC=C(c6ccc(C(=O)OC)c(F)c6)C(C)(C)[C@@H]5CC[C@]43C)[C@H]21. The molecule has 0 spiro atoms. The summed E-state index contributed by atoms with van der Waals surface area (Å²) in [4.78, 5) is 12.0. The van der Waals surface area contributed by atoms with E-state index in [9.17, 15) is 4.79 Å². The van der Waals surface area contributed by atoms with Gasteiger partial charge in [-0.25, -0.2) is 9.18 Å². The van der Waals surface area contributed by atoms with Crippen LogP contribution in [0.15, 0.2) is 36.4 Å². The summed E-state index contributed by atoms with van der Waals surface area (Å²) in [5, 5.41) is 0. The van der Waals surface area contributed by atoms with Crippen LogP contribution in [0.1, 0.15) is 109 Å². The molecule has 224 valence electrons. The van der Waals surface area contributed by atoms with Crippen molar-refractivity contribution in [2.75, 3.05) is 7.11 Å². The predicted octanol–water partition coefficient (Wildman–Crippen LogP) is 8.83. The van der Waals surface area contributed by atoms with Gasteiger partial charge in [0.05, 0.1) is 12.7 Å². The van der Waals surface area contributed by atoms with Crippen LogP contribution >= 0.6 is 0 Å². The zero-order valence-corrected chi connectivity index (χ0v) is 26.5. The van der Waals surface area contributed by atoms with Crippen molar-refractivity contribution in [1.82, 2.24) is 0 Å². The number of hydrogen-bond acceptors (Lipinski definition) is 3. The number of carbonyl (C=O) groups is 1. The lowest BCUT2D eigenvalue weighted by atomic mass is 9.33. The average molecular weight is 562 g/mol. The second-order valence-corrected chi connectivity index (χ2v) is 16.0. The molecule has 4 saturated carbocycles. The van der Waals surface area contributed by atoms with Crippen molar-refractivity contribution in [2.45, 2.75) is 99.0 Å². The van der Waals surface area contributed by atoms with Crippen molar-refractivity contribution in [2.24, 2.45) is 62.9 Å². The molecule has 0 bridgehead atoms. The van der Waals surface area contributed by atoms with Crippen LogP contribution in [0.4, 0.5) is 4.39 Å². The molecule has 0 aromatic heterocycles. The lowest BCUT2D eigenvalue weighted by molar-refractivity contribution is -0.215. The van der Waals surface area contributed by atoms with Crippen molar-refractivity contribution in [1.29, 1.82) is 0 Å². The fraction of sp³-hybridized carbons (Fsp3) is 0.703. The van der Waals surface area contributed by atoms with E-state index in [4.69, 9.17) is 10.5 Å². The van der Waals surface area contributed by atoms with E-state index < -0.39 is 11.8 Å². The smallest absolute Gasteiger partial charge is 0.340 e. The average Bonchev–Trinajstić information content (AvgIpc) is 3.25. The Labute approximate surface area is 247 Å². The molecule has 0 heterocycles. The fourth-order valence-electron chi connectivity index (χ4n) is 12.3. The van der Waals surface area contributed by atoms with Gasteiger partial charge in [0.2, 0.25) is 0 Å². The van der Waals surface area contributed by atoms with Crippen molar-refractivity contribution in [3.63, 3.8) is 0 Å². The van der Waals surface area contributed by atoms with Gasteiger partial charge in [0.15, 0.2) is 0 Å². The van der Waals surface area contributed by atoms with Gasteiger partial charge in [0.1, 0.15) is 5.82 Å². The largest absolute Gasteiger partial charge is 0.465 e. The van der Waals surface area contributed by atoms with E-state index in [1.54, 1.807) is 12.1 Å². The van der Waals surface area contributed by atoms with Gasteiger partial charge in [0.25, 0.3) is 0 Å². The van der Waals surface area contributed by atoms with Crippen LogP contribution in [-0.4, -0.2) is 19.1 Å². The minimum atomic E-state index is -0.627. The molecule has 0 unspecified atom stereocenters. The third-order valence-corrected chi connectivity index (χ3v) is 14.3. The van der Waals surface area contributed by atoms with Gasteiger partial charge >= 0.3 is 5.97 Å². The maximum absolute atomic E-state index is 15.0. The van der Waals surface area contributed by atoms with Gasteiger partial charge < -0.3 is 10.5 Å². The molecule has 41 heavy (non-hydrogen) atoms. The van der Waals surface area contributed by atoms with E-state index in [0.29, 0.717) is 46.5 Å². The standard InChI is InChI=1S/C37H52FNO2/c1-21(2)25-20-29(39)24-13-17-36(6)27(32(24)25)11-12-31-35(5)16-14-26(34(3,4)30(35)15-18-37(31,36)7)22-9-10-23(28(38)19-22)33(40)41-8/h9-10,14,19,24-25,27,29-32H,1,11-13,15-18,20,39H2,2-8H3/t24-,25+,27-,29+,30+,31-,32-,35+,36-,37-/m1/s1. The number of carbonyl (C=O) groups excluding carboxylic acids is 1. The molecule has 0 radical (unpaired) electrons. The molecule has 4 heteroatoms. The summed E-state index contributed by atoms with van der Waals surface area (Å²) >= 11 is 0. The van der Waals surface area contributed by atoms with E-state index in [1.165, 1.54) is 56.8 Å². The molecule has 10 atom stereocenters. The van der Waals surface area contributed by atoms with E-state index in [2.05, 4.69) is 54.2 Å². The third kappa shape index (κ3) is 3.87. The van der Waals surface area contributed by atoms with Crippen LogP contribution in [0.5, 0.6) is 0 Å². The van der Waals surface area contributed by atoms with Gasteiger partial charge in [-0.15, -0.1) is 0 Å². The molecule has 3 nitrogen and oxygen atoms in total. The van der Waals surface area contributed by atoms with Crippen LogP contribution < -0.4 is 5.73 Å². The highest BCUT2D eigenvalue weighted by Gasteiger charge is 2.68. The monoisotopic (exact) mass is 561 g/mol. The molecule has 0 amide bonds. The van der Waals surface area contributed by atoms with Crippen molar-refractivity contribution in [3.05, 3.63) is 53.4 Å². The minimum absolute atomic E-state index is 0.000526. The topological polar surface area (TPSA) is 52.3 Å². The second-order valence-electron chi connectivity index (χ2n) is 16.0. The van der Waals surface area contributed by atoms with Crippen LogP contribution in [0.25, 0.3) is 5.57 Å². The van der Waals surface area contributed by atoms with Gasteiger partial charge in [-0.05, 0) is 139 Å². The zero-order chi connectivity index (χ0) is 29.7. The third-order valence-electron chi connectivity index (χ3n) is 14.3. The Morgan fingerprint density at radius 2 is 1.73 bits per heavy atom. The lowest BCUT2D eigenvalue weighted by Gasteiger charge is -2.71. The summed E-state index contributed by atoms with van der Waals surface area (Å²) in [6.07, 6.45) is 12.2. The van der Waals surface area contributed by atoms with Gasteiger partial charge in [-0.1, -0.05) is 58.9 Å². The number of ether oxygens (including phenoxy) is 1. The van der Waals surface area contributed by atoms with Crippen LogP contribution in [0.2, 0.25) is 0 Å². The first-order valence-corrected chi connectivity index (χ1v) is 16.2. The van der Waals surface area contributed by atoms with Gasteiger partial charge in [-0.3, -0.25) is 0 Å². The molecule has 4 fully saturated rings. The molecule has 5 aliphatic rings. The predicted molar refractivity (Wildman–Crippen MR) is 164 cm³/mol. The summed E-state index contributed by atoms with van der Waals surface area (Å²) in [6, 6.07) is 5.38. The molecule has 5 aliphatic carbocycles. The number of nitrogens with two attached hydrogens (primary N) is 1. The van der Waals surface area contributed by atoms with Gasteiger partial charge in [0, 0.05) is 6.04 Å². The van der Waals surface area contributed by atoms with E-state index in [1.807, 2.05) is 6.07 Å². The summed E-state index contributed by atoms with van der Waals surface area (Å²) < 4.78 is 19.8. The second kappa shape index (κ2) is 9.53. The molecule has 0 saturated heterocycles. The Kier molecular flexibility index (Phi) is 6.77. The Balaban J connectivity index is 1.35. The highest BCUT2D eigenvalue weighted by atomic mass is 19.1. The number of fused-ring (bicyclic) bond motifs is 7. The Hall–Kier alpha value is -1.94. The first kappa shape index (κ1) is 29.1. The maximum atomic E-state index is 15.0. The minimum Gasteiger partial charge on any atom is -0.465 e. The molecule has 1 aromatic carbocycles. The highest BCUT2D eigenvalue weighted by molar-refractivity contribution is 5.90. The Morgan fingerprint density at radius 3 is 2.39 bits per heavy atom. The van der Waals surface area contributed by atoms with Crippen LogP contribution in [0.3, 0.4) is 0 Å². The summed E-state index contributed by atoms with van der Waals surface area (Å²) in [6.45, 7) is 19.4. The highest BCUT2D eigenvalue weighted by Crippen LogP contribution is 2.76. The Morgan fingerprint density at radius 1 is 1.02 bits per heavy atom. The van der Waals surface area contributed by atoms with Gasteiger partial charge in [-0.2, -0.15) is 0 Å². The number of benzene rings is 1. The van der Waals surface area contributed by atoms with Crippen LogP contribution in [-0.2, 0) is 4.74 Å². The van der Waals surface area contributed by atoms with E-state index >= 15 is 4.39 Å². The zero-order valence-electron chi connectivity index (χ0n) is 26.5. The first-order chi connectivity index (χ1) is 19.2. The molecular weight excluding hydrogens is 509 g/mol. The number of rotatable bonds is 3. The lowest BCUT2D eigenvalue weighted by Crippen LogP contribution is -2.64. The number of methoxy groups -OCH3 is 1. The molecular formula is C37H52FNO2. The molecule has 0 aliphatic heterocycles. The summed E-state index contributed by atoms with van der Waals surface area (Å²) in [5.41, 5.74) is 11.0. The first-order valence-electron chi connectivity index (χ1n) is 16.2. The fourth-order valence-corrected chi connectivity index (χ4v) is 12.3. The van der Waals surface area contributed by atoms with Crippen LogP contribution in [0, 0.1) is 63.0 Å². The van der Waals surface area contributed by atoms with E-state index in [0.717, 1.165) is 24.3 Å². The number of halogens is 1. The normalized spacial score (nSPS) is 44.5.